The third kappa shape index (κ3) is 2.64. The van der Waals surface area contributed by atoms with Crippen molar-refractivity contribution in [3.63, 3.8) is 0 Å². The third-order valence-electron chi connectivity index (χ3n) is 2.54. The maximum Gasteiger partial charge on any atom is 0.312 e. The molecule has 2 aromatic heterocycles. The Labute approximate surface area is 118 Å². The predicted octanol–water partition coefficient (Wildman–Crippen LogP) is 2.27. The number of thiazole rings is 1. The second-order valence-electron chi connectivity index (χ2n) is 3.97. The zero-order chi connectivity index (χ0) is 13.9. The number of hydrogen-bond acceptors (Lipinski definition) is 8. The molecule has 0 bridgehead atoms. The number of nitrogen functional groups attached to an aromatic ring is 1. The van der Waals surface area contributed by atoms with Gasteiger partial charge in [0.1, 0.15) is 5.75 Å². The minimum atomic E-state index is 0.0625. The third-order valence-corrected chi connectivity index (χ3v) is 3.52. The molecule has 0 aliphatic carbocycles. The highest BCUT2D eigenvalue weighted by Gasteiger charge is 2.07. The lowest BCUT2D eigenvalue weighted by Gasteiger charge is -2.00. The number of rotatable bonds is 5. The largest absolute Gasteiger partial charge is 0.494 e. The summed E-state index contributed by atoms with van der Waals surface area (Å²) in [6.07, 6.45) is 0. The molecule has 104 valence electrons. The molecule has 0 saturated heterocycles. The van der Waals surface area contributed by atoms with Crippen molar-refractivity contribution < 1.29 is 9.15 Å². The van der Waals surface area contributed by atoms with E-state index in [9.17, 15) is 0 Å². The van der Waals surface area contributed by atoms with Gasteiger partial charge in [0, 0.05) is 0 Å². The van der Waals surface area contributed by atoms with Crippen LogP contribution in [0.4, 0.5) is 11.1 Å². The van der Waals surface area contributed by atoms with Crippen molar-refractivity contribution in [2.24, 2.45) is 0 Å². The van der Waals surface area contributed by atoms with Crippen LogP contribution in [0.25, 0.3) is 10.2 Å². The molecule has 0 aliphatic rings. The van der Waals surface area contributed by atoms with E-state index in [4.69, 9.17) is 14.9 Å². The maximum atomic E-state index is 5.47. The lowest BCUT2D eigenvalue weighted by atomic mass is 10.3. The average molecular weight is 291 g/mol. The van der Waals surface area contributed by atoms with Gasteiger partial charge in [-0.1, -0.05) is 16.4 Å². The normalized spacial score (nSPS) is 10.8. The molecule has 0 aliphatic heterocycles. The van der Waals surface area contributed by atoms with Gasteiger partial charge in [-0.3, -0.25) is 0 Å². The van der Waals surface area contributed by atoms with E-state index in [1.54, 1.807) is 11.3 Å². The van der Waals surface area contributed by atoms with Crippen molar-refractivity contribution >= 4 is 32.7 Å². The first-order valence-electron chi connectivity index (χ1n) is 6.09. The Bertz CT molecular complexity index is 724. The molecule has 0 spiro atoms. The minimum absolute atomic E-state index is 0.0625. The number of benzene rings is 1. The Morgan fingerprint density at radius 1 is 1.40 bits per heavy atom. The summed E-state index contributed by atoms with van der Waals surface area (Å²) in [5, 5.41) is 11.3. The molecule has 0 atom stereocenters. The fraction of sp³-hybridized carbons (Fsp3) is 0.250. The van der Waals surface area contributed by atoms with Crippen molar-refractivity contribution in [3.05, 3.63) is 24.1 Å². The van der Waals surface area contributed by atoms with E-state index in [-0.39, 0.29) is 6.01 Å². The Morgan fingerprint density at radius 3 is 3.05 bits per heavy atom. The number of fused-ring (bicyclic) bond motifs is 1. The van der Waals surface area contributed by atoms with Gasteiger partial charge in [0.15, 0.2) is 5.13 Å². The fourth-order valence-corrected chi connectivity index (χ4v) is 2.62. The van der Waals surface area contributed by atoms with Crippen molar-refractivity contribution in [2.45, 2.75) is 13.5 Å². The van der Waals surface area contributed by atoms with E-state index in [0.29, 0.717) is 19.0 Å². The number of nitrogens with one attached hydrogen (secondary N) is 1. The molecule has 0 fully saturated rings. The minimum Gasteiger partial charge on any atom is -0.494 e. The van der Waals surface area contributed by atoms with E-state index in [1.807, 2.05) is 25.1 Å². The summed E-state index contributed by atoms with van der Waals surface area (Å²) in [5.74, 6) is 1.27. The van der Waals surface area contributed by atoms with Gasteiger partial charge in [0.2, 0.25) is 5.89 Å². The molecule has 7 nitrogen and oxygen atoms in total. The van der Waals surface area contributed by atoms with Crippen molar-refractivity contribution in [1.29, 1.82) is 0 Å². The number of nitrogens with zero attached hydrogens (tertiary/aromatic N) is 3. The summed E-state index contributed by atoms with van der Waals surface area (Å²) in [5.41, 5.74) is 6.28. The van der Waals surface area contributed by atoms with Crippen LogP contribution in [0.5, 0.6) is 5.75 Å². The van der Waals surface area contributed by atoms with Gasteiger partial charge in [0.05, 0.1) is 23.4 Å². The molecule has 3 aromatic rings. The highest BCUT2D eigenvalue weighted by Crippen LogP contribution is 2.29. The maximum absolute atomic E-state index is 5.47. The summed E-state index contributed by atoms with van der Waals surface area (Å²) in [4.78, 5) is 4.47. The summed E-state index contributed by atoms with van der Waals surface area (Å²) >= 11 is 1.54. The van der Waals surface area contributed by atoms with Crippen LogP contribution in [0.3, 0.4) is 0 Å². The Kier molecular flexibility index (Phi) is 3.38. The summed E-state index contributed by atoms with van der Waals surface area (Å²) in [7, 11) is 0. The Balaban J connectivity index is 1.75. The van der Waals surface area contributed by atoms with Crippen molar-refractivity contribution in [1.82, 2.24) is 15.2 Å². The van der Waals surface area contributed by atoms with Gasteiger partial charge in [-0.15, -0.1) is 5.10 Å². The van der Waals surface area contributed by atoms with E-state index in [1.165, 1.54) is 0 Å². The Morgan fingerprint density at radius 2 is 2.30 bits per heavy atom. The zero-order valence-electron chi connectivity index (χ0n) is 10.8. The van der Waals surface area contributed by atoms with Crippen molar-refractivity contribution in [2.75, 3.05) is 17.7 Å². The topological polar surface area (TPSA) is 99.1 Å². The molecule has 3 rings (SSSR count). The summed E-state index contributed by atoms with van der Waals surface area (Å²) in [6.45, 7) is 3.00. The van der Waals surface area contributed by atoms with Gasteiger partial charge in [-0.2, -0.15) is 0 Å². The number of anilines is 2. The second-order valence-corrected chi connectivity index (χ2v) is 5.00. The number of hydrogen-bond donors (Lipinski definition) is 2. The van der Waals surface area contributed by atoms with E-state index < -0.39 is 0 Å². The van der Waals surface area contributed by atoms with Gasteiger partial charge in [-0.25, -0.2) is 4.98 Å². The summed E-state index contributed by atoms with van der Waals surface area (Å²) < 4.78 is 11.6. The first kappa shape index (κ1) is 12.7. The first-order chi connectivity index (χ1) is 9.74. The zero-order valence-corrected chi connectivity index (χ0v) is 11.6. The molecule has 0 amide bonds. The van der Waals surface area contributed by atoms with E-state index in [2.05, 4.69) is 20.5 Å². The summed E-state index contributed by atoms with van der Waals surface area (Å²) in [6, 6.07) is 5.89. The highest BCUT2D eigenvalue weighted by atomic mass is 32.1. The van der Waals surface area contributed by atoms with Crippen molar-refractivity contribution in [3.8, 4) is 5.75 Å². The first-order valence-corrected chi connectivity index (χ1v) is 6.91. The molecule has 20 heavy (non-hydrogen) atoms. The molecule has 3 N–H and O–H groups in total. The van der Waals surface area contributed by atoms with E-state index in [0.717, 1.165) is 21.1 Å². The van der Waals surface area contributed by atoms with Gasteiger partial charge in [-0.05, 0) is 25.1 Å². The van der Waals surface area contributed by atoms with Crippen LogP contribution in [0.15, 0.2) is 22.6 Å². The Hall–Kier alpha value is -2.35. The lowest BCUT2D eigenvalue weighted by Crippen LogP contribution is -1.98. The molecule has 1 aromatic carbocycles. The average Bonchev–Trinajstić information content (AvgIpc) is 3.02. The number of aromatic nitrogens is 3. The molecule has 0 saturated carbocycles. The number of nitrogens with two attached hydrogens (primary N) is 1. The quantitative estimate of drug-likeness (QED) is 0.743. The smallest absolute Gasteiger partial charge is 0.312 e. The van der Waals surface area contributed by atoms with Crippen LogP contribution in [0, 0.1) is 0 Å². The SMILES string of the molecule is CCOc1ccc2nc(NCc3nnc(N)o3)sc2c1. The van der Waals surface area contributed by atoms with Crippen LogP contribution in [-0.2, 0) is 6.54 Å². The molecule has 2 heterocycles. The highest BCUT2D eigenvalue weighted by molar-refractivity contribution is 7.22. The standard InChI is InChI=1S/C12H13N5O2S/c1-2-18-7-3-4-8-9(5-7)20-12(15-8)14-6-10-16-17-11(13)19-10/h3-5H,2,6H2,1H3,(H2,13,17)(H,14,15). The van der Waals surface area contributed by atoms with Crippen LogP contribution < -0.4 is 15.8 Å². The van der Waals surface area contributed by atoms with Gasteiger partial charge in [0.25, 0.3) is 0 Å². The fourth-order valence-electron chi connectivity index (χ4n) is 1.73. The molecule has 0 unspecified atom stereocenters. The predicted molar refractivity (Wildman–Crippen MR) is 76.8 cm³/mol. The lowest BCUT2D eigenvalue weighted by molar-refractivity contribution is 0.341. The number of ether oxygens (including phenoxy) is 1. The molecular weight excluding hydrogens is 278 g/mol. The van der Waals surface area contributed by atoms with Crippen LogP contribution in [-0.4, -0.2) is 21.8 Å². The van der Waals surface area contributed by atoms with Gasteiger partial charge < -0.3 is 20.2 Å². The molecule has 0 radical (unpaired) electrons. The van der Waals surface area contributed by atoms with E-state index >= 15 is 0 Å². The van der Waals surface area contributed by atoms with Crippen LogP contribution >= 0.6 is 11.3 Å². The monoisotopic (exact) mass is 291 g/mol. The molecular formula is C12H13N5O2S. The molecule has 8 heteroatoms. The second kappa shape index (κ2) is 5.33. The van der Waals surface area contributed by atoms with Crippen LogP contribution in [0.1, 0.15) is 12.8 Å². The van der Waals surface area contributed by atoms with Gasteiger partial charge >= 0.3 is 6.01 Å². The van der Waals surface area contributed by atoms with Crippen LogP contribution in [0.2, 0.25) is 0 Å².